The van der Waals surface area contributed by atoms with Gasteiger partial charge in [-0.05, 0) is 25.5 Å². The molecule has 88 valence electrons. The van der Waals surface area contributed by atoms with Gasteiger partial charge < -0.3 is 14.8 Å². The molecule has 4 heteroatoms. The summed E-state index contributed by atoms with van der Waals surface area (Å²) >= 11 is 0. The Balaban J connectivity index is 1.79. The fraction of sp³-hybridized carbons (Fsp3) is 0.583. The van der Waals surface area contributed by atoms with E-state index in [0.29, 0.717) is 11.8 Å². The molecule has 0 aliphatic carbocycles. The first-order valence-corrected chi connectivity index (χ1v) is 5.72. The van der Waals surface area contributed by atoms with Gasteiger partial charge in [0.1, 0.15) is 5.75 Å². The molecular weight excluding hydrogens is 204 g/mol. The van der Waals surface area contributed by atoms with Gasteiger partial charge in [-0.25, -0.2) is 4.98 Å². The molecule has 0 saturated carbocycles. The predicted octanol–water partition coefficient (Wildman–Crippen LogP) is 1.47. The van der Waals surface area contributed by atoms with Gasteiger partial charge in [0, 0.05) is 18.5 Å². The van der Waals surface area contributed by atoms with Crippen molar-refractivity contribution >= 4 is 0 Å². The van der Waals surface area contributed by atoms with Crippen molar-refractivity contribution in [3.8, 4) is 11.6 Å². The van der Waals surface area contributed by atoms with Crippen molar-refractivity contribution in [2.75, 3.05) is 26.8 Å². The lowest BCUT2D eigenvalue weighted by atomic mass is 10.0. The van der Waals surface area contributed by atoms with Crippen molar-refractivity contribution in [1.82, 2.24) is 10.3 Å². The molecule has 0 spiro atoms. The summed E-state index contributed by atoms with van der Waals surface area (Å²) in [6.45, 7) is 2.96. The molecule has 1 saturated heterocycles. The van der Waals surface area contributed by atoms with Gasteiger partial charge >= 0.3 is 0 Å². The van der Waals surface area contributed by atoms with Crippen LogP contribution in [0, 0.1) is 5.92 Å². The largest absolute Gasteiger partial charge is 0.492 e. The van der Waals surface area contributed by atoms with Crippen LogP contribution < -0.4 is 14.8 Å². The minimum Gasteiger partial charge on any atom is -0.492 e. The molecule has 0 aromatic carbocycles. The molecule has 0 radical (unpaired) electrons. The van der Waals surface area contributed by atoms with Crippen molar-refractivity contribution in [1.29, 1.82) is 0 Å². The van der Waals surface area contributed by atoms with Crippen molar-refractivity contribution < 1.29 is 9.47 Å². The molecule has 1 atom stereocenters. The summed E-state index contributed by atoms with van der Waals surface area (Å²) in [6.07, 6.45) is 4.20. The van der Waals surface area contributed by atoms with E-state index in [0.717, 1.165) is 25.4 Å². The maximum absolute atomic E-state index is 5.69. The van der Waals surface area contributed by atoms with Gasteiger partial charge in [-0.1, -0.05) is 0 Å². The highest BCUT2D eigenvalue weighted by molar-refractivity contribution is 5.22. The lowest BCUT2D eigenvalue weighted by Crippen LogP contribution is -2.33. The lowest BCUT2D eigenvalue weighted by molar-refractivity contribution is 0.217. The van der Waals surface area contributed by atoms with Crippen molar-refractivity contribution in [3.05, 3.63) is 18.3 Å². The fourth-order valence-corrected chi connectivity index (χ4v) is 1.85. The minimum atomic E-state index is 0.617. The third kappa shape index (κ3) is 3.10. The van der Waals surface area contributed by atoms with Gasteiger partial charge in [-0.3, -0.25) is 0 Å². The Bertz CT molecular complexity index is 307. The molecule has 1 fully saturated rings. The van der Waals surface area contributed by atoms with E-state index in [1.165, 1.54) is 12.8 Å². The van der Waals surface area contributed by atoms with Crippen molar-refractivity contribution in [2.24, 2.45) is 5.92 Å². The third-order valence-corrected chi connectivity index (χ3v) is 2.80. The Kier molecular flexibility index (Phi) is 3.99. The zero-order valence-electron chi connectivity index (χ0n) is 9.61. The quantitative estimate of drug-likeness (QED) is 0.837. The Hall–Kier alpha value is -1.29. The summed E-state index contributed by atoms with van der Waals surface area (Å²) in [5.41, 5.74) is 0. The average molecular weight is 222 g/mol. The van der Waals surface area contributed by atoms with Crippen molar-refractivity contribution in [2.45, 2.75) is 12.8 Å². The summed E-state index contributed by atoms with van der Waals surface area (Å²) in [7, 11) is 1.61. The van der Waals surface area contributed by atoms with Gasteiger partial charge in [0.2, 0.25) is 5.88 Å². The highest BCUT2D eigenvalue weighted by Gasteiger charge is 2.13. The Morgan fingerprint density at radius 2 is 2.44 bits per heavy atom. The van der Waals surface area contributed by atoms with E-state index in [1.54, 1.807) is 13.3 Å². The maximum Gasteiger partial charge on any atom is 0.213 e. The Morgan fingerprint density at radius 1 is 1.50 bits per heavy atom. The normalized spacial score (nSPS) is 20.4. The number of pyridine rings is 1. The number of methoxy groups -OCH3 is 1. The molecule has 0 amide bonds. The van der Waals surface area contributed by atoms with Crippen LogP contribution in [-0.4, -0.2) is 31.8 Å². The first-order chi connectivity index (χ1) is 7.88. The van der Waals surface area contributed by atoms with E-state index < -0.39 is 0 Å². The smallest absolute Gasteiger partial charge is 0.213 e. The van der Waals surface area contributed by atoms with E-state index in [1.807, 2.05) is 12.1 Å². The van der Waals surface area contributed by atoms with Gasteiger partial charge in [0.05, 0.1) is 19.9 Å². The molecule has 1 unspecified atom stereocenters. The second-order valence-corrected chi connectivity index (χ2v) is 4.06. The number of hydrogen-bond acceptors (Lipinski definition) is 4. The number of ether oxygens (including phenoxy) is 2. The maximum atomic E-state index is 5.69. The van der Waals surface area contributed by atoms with Crippen LogP contribution in [0.3, 0.4) is 0 Å². The topological polar surface area (TPSA) is 43.4 Å². The zero-order valence-corrected chi connectivity index (χ0v) is 9.61. The van der Waals surface area contributed by atoms with E-state index in [9.17, 15) is 0 Å². The van der Waals surface area contributed by atoms with Crippen LogP contribution >= 0.6 is 0 Å². The fourth-order valence-electron chi connectivity index (χ4n) is 1.85. The molecule has 16 heavy (non-hydrogen) atoms. The predicted molar refractivity (Wildman–Crippen MR) is 61.9 cm³/mol. The number of rotatable bonds is 4. The second kappa shape index (κ2) is 5.70. The van der Waals surface area contributed by atoms with E-state index in [-0.39, 0.29) is 0 Å². The average Bonchev–Trinajstić information content (AvgIpc) is 2.38. The molecule has 1 aromatic rings. The van der Waals surface area contributed by atoms with Crippen LogP contribution in [-0.2, 0) is 0 Å². The highest BCUT2D eigenvalue weighted by Crippen LogP contribution is 2.16. The van der Waals surface area contributed by atoms with Gasteiger partial charge in [-0.15, -0.1) is 0 Å². The van der Waals surface area contributed by atoms with E-state index in [4.69, 9.17) is 9.47 Å². The summed E-state index contributed by atoms with van der Waals surface area (Å²) in [5.74, 6) is 2.05. The monoisotopic (exact) mass is 222 g/mol. The van der Waals surface area contributed by atoms with Crippen molar-refractivity contribution in [3.63, 3.8) is 0 Å². The molecular formula is C12H18N2O2. The molecule has 1 aromatic heterocycles. The number of nitrogens with zero attached hydrogens (tertiary/aromatic N) is 1. The van der Waals surface area contributed by atoms with E-state index in [2.05, 4.69) is 10.3 Å². The molecule has 2 heterocycles. The standard InChI is InChI=1S/C12H18N2O2/c1-15-12-5-4-11(8-14-12)16-9-10-3-2-6-13-7-10/h4-5,8,10,13H,2-3,6-7,9H2,1H3. The molecule has 1 aliphatic heterocycles. The molecule has 4 nitrogen and oxygen atoms in total. The number of hydrogen-bond donors (Lipinski definition) is 1. The lowest BCUT2D eigenvalue weighted by Gasteiger charge is -2.22. The summed E-state index contributed by atoms with van der Waals surface area (Å²) in [4.78, 5) is 4.10. The van der Waals surface area contributed by atoms with Crippen LogP contribution in [0.2, 0.25) is 0 Å². The minimum absolute atomic E-state index is 0.617. The zero-order chi connectivity index (χ0) is 11.2. The van der Waals surface area contributed by atoms with Crippen LogP contribution in [0.5, 0.6) is 11.6 Å². The molecule has 1 aliphatic rings. The number of piperidine rings is 1. The van der Waals surface area contributed by atoms with Crippen LogP contribution in [0.25, 0.3) is 0 Å². The number of aromatic nitrogens is 1. The van der Waals surface area contributed by atoms with Crippen LogP contribution in [0.1, 0.15) is 12.8 Å². The Morgan fingerprint density at radius 3 is 3.06 bits per heavy atom. The Labute approximate surface area is 96.0 Å². The molecule has 2 rings (SSSR count). The van der Waals surface area contributed by atoms with Crippen LogP contribution in [0.15, 0.2) is 18.3 Å². The second-order valence-electron chi connectivity index (χ2n) is 4.06. The third-order valence-electron chi connectivity index (χ3n) is 2.80. The number of nitrogens with one attached hydrogen (secondary N) is 1. The molecule has 0 bridgehead atoms. The SMILES string of the molecule is COc1ccc(OCC2CCCNC2)cn1. The van der Waals surface area contributed by atoms with Gasteiger partial charge in [0.25, 0.3) is 0 Å². The van der Waals surface area contributed by atoms with Gasteiger partial charge in [0.15, 0.2) is 0 Å². The summed E-state index contributed by atoms with van der Waals surface area (Å²) in [6, 6.07) is 3.70. The highest BCUT2D eigenvalue weighted by atomic mass is 16.5. The molecule has 1 N–H and O–H groups in total. The van der Waals surface area contributed by atoms with E-state index >= 15 is 0 Å². The first kappa shape index (κ1) is 11.2. The first-order valence-electron chi connectivity index (χ1n) is 5.72. The summed E-state index contributed by atoms with van der Waals surface area (Å²) in [5, 5.41) is 3.37. The van der Waals surface area contributed by atoms with Gasteiger partial charge in [-0.2, -0.15) is 0 Å². The summed E-state index contributed by atoms with van der Waals surface area (Å²) < 4.78 is 10.7. The van der Waals surface area contributed by atoms with Crippen LogP contribution in [0.4, 0.5) is 0 Å².